The van der Waals surface area contributed by atoms with Crippen molar-refractivity contribution in [2.75, 3.05) is 59.5 Å². The van der Waals surface area contributed by atoms with Crippen molar-refractivity contribution in [2.24, 2.45) is 0 Å². The van der Waals surface area contributed by atoms with Gasteiger partial charge >= 0.3 is 8.60 Å². The molecule has 0 aromatic heterocycles. The molecule has 0 N–H and O–H groups in total. The molecule has 7 heteroatoms. The zero-order valence-corrected chi connectivity index (χ0v) is 19.5. The van der Waals surface area contributed by atoms with Crippen LogP contribution in [-0.2, 0) is 27.8 Å². The molecule has 0 aromatic carbocycles. The zero-order valence-electron chi connectivity index (χ0n) is 18.6. The molecule has 0 saturated heterocycles. The lowest BCUT2D eigenvalue weighted by Gasteiger charge is -2.17. The van der Waals surface area contributed by atoms with Crippen LogP contribution < -0.4 is 0 Å². The highest BCUT2D eigenvalue weighted by atomic mass is 31.2. The molecule has 0 aliphatic heterocycles. The third-order valence-electron chi connectivity index (χ3n) is 3.95. The largest absolute Gasteiger partial charge is 0.379 e. The molecule has 0 aliphatic carbocycles. The Bertz CT molecular complexity index is 241. The Hall–Kier alpha value is 0.190. The molecule has 0 rings (SSSR count). The van der Waals surface area contributed by atoms with E-state index >= 15 is 0 Å². The fourth-order valence-corrected chi connectivity index (χ4v) is 3.19. The molecule has 6 nitrogen and oxygen atoms in total. The van der Waals surface area contributed by atoms with E-state index in [1.54, 1.807) is 0 Å². The standard InChI is InChI=1S/C21H45O6P/c1-4-7-10-13-22-16-19-25-28(26-20-17-23-14-11-8-5-2)27-21-18-24-15-12-9-6-3/h4-21H2,1-3H3. The van der Waals surface area contributed by atoms with Gasteiger partial charge in [0.1, 0.15) is 0 Å². The summed E-state index contributed by atoms with van der Waals surface area (Å²) in [5.41, 5.74) is 0. The van der Waals surface area contributed by atoms with E-state index < -0.39 is 8.60 Å². The van der Waals surface area contributed by atoms with Crippen LogP contribution in [0.5, 0.6) is 0 Å². The fourth-order valence-electron chi connectivity index (χ4n) is 2.29. The minimum atomic E-state index is -1.38. The van der Waals surface area contributed by atoms with E-state index in [0.29, 0.717) is 39.6 Å². The normalized spacial score (nSPS) is 11.6. The molecule has 0 saturated carbocycles. The predicted octanol–water partition coefficient (Wildman–Crippen LogP) is 5.88. The van der Waals surface area contributed by atoms with Crippen molar-refractivity contribution < 1.29 is 27.8 Å². The van der Waals surface area contributed by atoms with E-state index in [-0.39, 0.29) is 0 Å². The van der Waals surface area contributed by atoms with E-state index in [1.165, 1.54) is 38.5 Å². The van der Waals surface area contributed by atoms with Crippen LogP contribution in [0, 0.1) is 0 Å². The Balaban J connectivity index is 3.80. The number of unbranched alkanes of at least 4 members (excludes halogenated alkanes) is 6. The van der Waals surface area contributed by atoms with Crippen LogP contribution in [0.4, 0.5) is 0 Å². The van der Waals surface area contributed by atoms with Crippen molar-refractivity contribution in [1.82, 2.24) is 0 Å². The average molecular weight is 425 g/mol. The summed E-state index contributed by atoms with van der Waals surface area (Å²) in [4.78, 5) is 0. The van der Waals surface area contributed by atoms with Gasteiger partial charge in [-0.05, 0) is 19.3 Å². The van der Waals surface area contributed by atoms with Gasteiger partial charge in [0, 0.05) is 19.8 Å². The molecule has 0 heterocycles. The molecular formula is C21H45O6P. The predicted molar refractivity (Wildman–Crippen MR) is 116 cm³/mol. The third-order valence-corrected chi connectivity index (χ3v) is 5.13. The number of rotatable bonds is 24. The Kier molecular flexibility index (Phi) is 25.4. The summed E-state index contributed by atoms with van der Waals surface area (Å²) in [5.74, 6) is 0. The van der Waals surface area contributed by atoms with E-state index in [0.717, 1.165) is 39.1 Å². The maximum atomic E-state index is 5.72. The third kappa shape index (κ3) is 22.5. The molecule has 0 aliphatic rings. The van der Waals surface area contributed by atoms with E-state index in [1.807, 2.05) is 0 Å². The lowest BCUT2D eigenvalue weighted by atomic mass is 10.3. The molecular weight excluding hydrogens is 379 g/mol. The molecule has 0 radical (unpaired) electrons. The van der Waals surface area contributed by atoms with Gasteiger partial charge in [-0.25, -0.2) is 0 Å². The second-order valence-corrected chi connectivity index (χ2v) is 7.90. The molecule has 0 fully saturated rings. The van der Waals surface area contributed by atoms with Crippen molar-refractivity contribution in [3.05, 3.63) is 0 Å². The van der Waals surface area contributed by atoms with E-state index in [4.69, 9.17) is 27.8 Å². The first kappa shape index (κ1) is 28.2. The summed E-state index contributed by atoms with van der Waals surface area (Å²) in [6, 6.07) is 0. The van der Waals surface area contributed by atoms with Crippen molar-refractivity contribution in [3.63, 3.8) is 0 Å². The summed E-state index contributed by atoms with van der Waals surface area (Å²) >= 11 is 0. The Morgan fingerprint density at radius 2 is 0.714 bits per heavy atom. The highest BCUT2D eigenvalue weighted by Crippen LogP contribution is 2.39. The lowest BCUT2D eigenvalue weighted by molar-refractivity contribution is 0.0511. The lowest BCUT2D eigenvalue weighted by Crippen LogP contribution is -2.10. The van der Waals surface area contributed by atoms with Gasteiger partial charge in [-0.2, -0.15) is 0 Å². The van der Waals surface area contributed by atoms with Crippen LogP contribution in [0.3, 0.4) is 0 Å². The first-order valence-corrected chi connectivity index (χ1v) is 12.4. The van der Waals surface area contributed by atoms with Gasteiger partial charge in [-0.3, -0.25) is 0 Å². The first-order chi connectivity index (χ1) is 13.8. The maximum Gasteiger partial charge on any atom is 0.332 e. The molecule has 170 valence electrons. The molecule has 0 unspecified atom stereocenters. The smallest absolute Gasteiger partial charge is 0.332 e. The quantitative estimate of drug-likeness (QED) is 0.142. The van der Waals surface area contributed by atoms with Crippen LogP contribution >= 0.6 is 8.60 Å². The Labute approximate surface area is 174 Å². The van der Waals surface area contributed by atoms with Crippen LogP contribution in [0.2, 0.25) is 0 Å². The first-order valence-electron chi connectivity index (χ1n) is 11.3. The zero-order chi connectivity index (χ0) is 20.5. The molecule has 0 aromatic rings. The summed E-state index contributed by atoms with van der Waals surface area (Å²) in [7, 11) is -1.38. The van der Waals surface area contributed by atoms with Gasteiger partial charge in [0.2, 0.25) is 0 Å². The van der Waals surface area contributed by atoms with Gasteiger partial charge in [0.05, 0.1) is 39.6 Å². The second-order valence-electron chi connectivity index (χ2n) is 6.68. The van der Waals surface area contributed by atoms with Crippen LogP contribution in [0.25, 0.3) is 0 Å². The molecule has 0 amide bonds. The monoisotopic (exact) mass is 424 g/mol. The topological polar surface area (TPSA) is 55.4 Å². The van der Waals surface area contributed by atoms with Crippen molar-refractivity contribution in [2.45, 2.75) is 78.6 Å². The van der Waals surface area contributed by atoms with Gasteiger partial charge in [-0.15, -0.1) is 0 Å². The SMILES string of the molecule is CCCCCOCCOP(OCCOCCCCC)OCCOCCCCC. The minimum Gasteiger partial charge on any atom is -0.379 e. The van der Waals surface area contributed by atoms with E-state index in [9.17, 15) is 0 Å². The summed E-state index contributed by atoms with van der Waals surface area (Å²) in [6.07, 6.45) is 10.5. The van der Waals surface area contributed by atoms with Gasteiger partial charge in [0.25, 0.3) is 0 Å². The van der Waals surface area contributed by atoms with Crippen LogP contribution in [0.15, 0.2) is 0 Å². The van der Waals surface area contributed by atoms with Crippen LogP contribution in [0.1, 0.15) is 78.6 Å². The minimum absolute atomic E-state index is 0.479. The summed E-state index contributed by atoms with van der Waals surface area (Å²) < 4.78 is 33.9. The van der Waals surface area contributed by atoms with E-state index in [2.05, 4.69) is 20.8 Å². The molecule has 0 atom stereocenters. The van der Waals surface area contributed by atoms with Gasteiger partial charge in [-0.1, -0.05) is 59.3 Å². The van der Waals surface area contributed by atoms with Crippen molar-refractivity contribution >= 4 is 8.60 Å². The summed E-state index contributed by atoms with van der Waals surface area (Å²) in [5, 5.41) is 0. The second kappa shape index (κ2) is 25.2. The van der Waals surface area contributed by atoms with Gasteiger partial charge < -0.3 is 27.8 Å². The van der Waals surface area contributed by atoms with Gasteiger partial charge in [0.15, 0.2) is 0 Å². The molecule has 28 heavy (non-hydrogen) atoms. The van der Waals surface area contributed by atoms with Crippen molar-refractivity contribution in [3.8, 4) is 0 Å². The van der Waals surface area contributed by atoms with Crippen molar-refractivity contribution in [1.29, 1.82) is 0 Å². The van der Waals surface area contributed by atoms with Crippen LogP contribution in [-0.4, -0.2) is 59.5 Å². The highest BCUT2D eigenvalue weighted by Gasteiger charge is 2.12. The highest BCUT2D eigenvalue weighted by molar-refractivity contribution is 7.41. The Morgan fingerprint density at radius 3 is 1.00 bits per heavy atom. The number of ether oxygens (including phenoxy) is 3. The fraction of sp³-hybridized carbons (Fsp3) is 1.00. The molecule has 0 bridgehead atoms. The number of hydrogen-bond acceptors (Lipinski definition) is 6. The average Bonchev–Trinajstić information content (AvgIpc) is 2.71. The maximum absolute atomic E-state index is 5.72. The number of hydrogen-bond donors (Lipinski definition) is 0. The molecule has 0 spiro atoms. The Morgan fingerprint density at radius 1 is 0.393 bits per heavy atom. The summed E-state index contributed by atoms with van der Waals surface area (Å²) in [6.45, 7) is 12.1.